The molecule has 0 bridgehead atoms. The van der Waals surface area contributed by atoms with Gasteiger partial charge in [0, 0.05) is 10.2 Å². The number of halogens is 1. The summed E-state index contributed by atoms with van der Waals surface area (Å²) in [7, 11) is 0. The normalized spacial score (nSPS) is 14.6. The maximum Gasteiger partial charge on any atom is 0.0741 e. The van der Waals surface area contributed by atoms with Crippen LogP contribution in [0.4, 0.5) is 0 Å². The molecule has 0 fully saturated rings. The number of hydrogen-bond donors (Lipinski definition) is 2. The molecule has 0 spiro atoms. The Morgan fingerprint density at radius 3 is 2.41 bits per heavy atom. The monoisotopic (exact) mass is 348 g/mol. The van der Waals surface area contributed by atoms with Crippen LogP contribution in [0, 0.1) is 3.57 Å². The topological polar surface area (TPSA) is 47.3 Å². The zero-order valence-electron chi connectivity index (χ0n) is 10.4. The van der Waals surface area contributed by atoms with E-state index in [9.17, 15) is 0 Å². The highest BCUT2D eigenvalue weighted by molar-refractivity contribution is 14.1. The Bertz CT molecular complexity index is 316. The Morgan fingerprint density at radius 1 is 1.29 bits per heavy atom. The fourth-order valence-electron chi connectivity index (χ4n) is 1.90. The minimum atomic E-state index is 0.167. The van der Waals surface area contributed by atoms with Gasteiger partial charge in [0.25, 0.3) is 0 Å². The molecule has 3 N–H and O–H groups in total. The highest BCUT2D eigenvalue weighted by Crippen LogP contribution is 2.13. The summed E-state index contributed by atoms with van der Waals surface area (Å²) >= 11 is 2.31. The molecule has 4 heteroatoms. The van der Waals surface area contributed by atoms with Crippen molar-refractivity contribution in [3.8, 4) is 0 Å². The third-order valence-corrected chi connectivity index (χ3v) is 3.53. The molecule has 2 unspecified atom stereocenters. The first-order chi connectivity index (χ1) is 8.21. The van der Waals surface area contributed by atoms with Gasteiger partial charge in [0.2, 0.25) is 0 Å². The second-order valence-corrected chi connectivity index (χ2v) is 5.25. The molecular formula is C13H21IN2O. The standard InChI is InChI=1S/C13H21IN2O/c1-3-13(17-4-2)12(16-15)9-10-5-7-11(14)8-6-10/h5-8,12-13,16H,3-4,9,15H2,1-2H3. The predicted octanol–water partition coefficient (Wildman–Crippen LogP) is 2.48. The Morgan fingerprint density at radius 2 is 1.94 bits per heavy atom. The summed E-state index contributed by atoms with van der Waals surface area (Å²) in [6, 6.07) is 8.69. The molecular weight excluding hydrogens is 327 g/mol. The van der Waals surface area contributed by atoms with Crippen molar-refractivity contribution >= 4 is 22.6 Å². The van der Waals surface area contributed by atoms with Crippen LogP contribution in [-0.2, 0) is 11.2 Å². The molecule has 0 heterocycles. The summed E-state index contributed by atoms with van der Waals surface area (Å²) < 4.78 is 6.95. The van der Waals surface area contributed by atoms with Gasteiger partial charge in [-0.25, -0.2) is 0 Å². The van der Waals surface area contributed by atoms with Crippen LogP contribution in [-0.4, -0.2) is 18.8 Å². The molecule has 3 nitrogen and oxygen atoms in total. The first-order valence-electron chi connectivity index (χ1n) is 6.03. The molecule has 1 aromatic carbocycles. The van der Waals surface area contributed by atoms with E-state index in [0.29, 0.717) is 0 Å². The van der Waals surface area contributed by atoms with Gasteiger partial charge in [0.1, 0.15) is 0 Å². The summed E-state index contributed by atoms with van der Waals surface area (Å²) in [6.45, 7) is 4.86. The summed E-state index contributed by atoms with van der Waals surface area (Å²) in [5.41, 5.74) is 4.16. The maximum atomic E-state index is 5.70. The van der Waals surface area contributed by atoms with E-state index in [1.165, 1.54) is 9.13 Å². The average Bonchev–Trinajstić information content (AvgIpc) is 2.36. The molecule has 1 aromatic rings. The van der Waals surface area contributed by atoms with Gasteiger partial charge in [0.15, 0.2) is 0 Å². The van der Waals surface area contributed by atoms with E-state index in [1.54, 1.807) is 0 Å². The van der Waals surface area contributed by atoms with E-state index in [2.05, 4.69) is 59.2 Å². The predicted molar refractivity (Wildman–Crippen MR) is 79.7 cm³/mol. The van der Waals surface area contributed by atoms with Gasteiger partial charge < -0.3 is 4.74 Å². The van der Waals surface area contributed by atoms with Crippen LogP contribution < -0.4 is 11.3 Å². The molecule has 1 rings (SSSR count). The Kier molecular flexibility index (Phi) is 7.03. The number of hydrogen-bond acceptors (Lipinski definition) is 3. The molecule has 0 amide bonds. The fourth-order valence-corrected chi connectivity index (χ4v) is 2.26. The van der Waals surface area contributed by atoms with Gasteiger partial charge in [-0.2, -0.15) is 0 Å². The number of nitrogens with two attached hydrogens (primary N) is 1. The molecule has 0 radical (unpaired) electrons. The molecule has 0 aliphatic carbocycles. The maximum absolute atomic E-state index is 5.70. The summed E-state index contributed by atoms with van der Waals surface area (Å²) in [5, 5.41) is 0. The number of ether oxygens (including phenoxy) is 1. The van der Waals surface area contributed by atoms with Crippen LogP contribution in [0.15, 0.2) is 24.3 Å². The lowest BCUT2D eigenvalue weighted by atomic mass is 10.0. The van der Waals surface area contributed by atoms with Gasteiger partial charge in [-0.1, -0.05) is 19.1 Å². The lowest BCUT2D eigenvalue weighted by Gasteiger charge is -2.25. The number of hydrazine groups is 1. The first kappa shape index (κ1) is 14.9. The first-order valence-corrected chi connectivity index (χ1v) is 7.11. The number of nitrogens with one attached hydrogen (secondary N) is 1. The van der Waals surface area contributed by atoms with Crippen molar-refractivity contribution in [2.24, 2.45) is 5.84 Å². The van der Waals surface area contributed by atoms with Gasteiger partial charge in [-0.3, -0.25) is 11.3 Å². The van der Waals surface area contributed by atoms with Crippen molar-refractivity contribution < 1.29 is 4.74 Å². The van der Waals surface area contributed by atoms with Gasteiger partial charge in [-0.05, 0) is 60.1 Å². The van der Waals surface area contributed by atoms with Gasteiger partial charge in [0.05, 0.1) is 12.1 Å². The molecule has 0 saturated heterocycles. The van der Waals surface area contributed by atoms with Crippen molar-refractivity contribution in [3.05, 3.63) is 33.4 Å². The average molecular weight is 348 g/mol. The van der Waals surface area contributed by atoms with Gasteiger partial charge in [-0.15, -0.1) is 0 Å². The molecule has 0 aromatic heterocycles. The van der Waals surface area contributed by atoms with E-state index < -0.39 is 0 Å². The smallest absolute Gasteiger partial charge is 0.0741 e. The van der Waals surface area contributed by atoms with Crippen LogP contribution in [0.3, 0.4) is 0 Å². The zero-order valence-corrected chi connectivity index (χ0v) is 12.6. The SMILES string of the molecule is CCOC(CC)C(Cc1ccc(I)cc1)NN. The van der Waals surface area contributed by atoms with Crippen molar-refractivity contribution in [2.45, 2.75) is 38.8 Å². The number of benzene rings is 1. The van der Waals surface area contributed by atoms with Crippen LogP contribution in [0.2, 0.25) is 0 Å². The molecule has 17 heavy (non-hydrogen) atoms. The van der Waals surface area contributed by atoms with Crippen LogP contribution in [0.25, 0.3) is 0 Å². The van der Waals surface area contributed by atoms with E-state index in [-0.39, 0.29) is 12.1 Å². The van der Waals surface area contributed by atoms with Crippen LogP contribution in [0.5, 0.6) is 0 Å². The molecule has 0 aliphatic heterocycles. The highest BCUT2D eigenvalue weighted by atomic mass is 127. The van der Waals surface area contributed by atoms with E-state index in [1.807, 2.05) is 6.92 Å². The summed E-state index contributed by atoms with van der Waals surface area (Å²) in [4.78, 5) is 0. The van der Waals surface area contributed by atoms with E-state index in [0.717, 1.165) is 19.4 Å². The molecule has 2 atom stereocenters. The second kappa shape index (κ2) is 8.02. The molecule has 0 aliphatic rings. The van der Waals surface area contributed by atoms with Crippen molar-refractivity contribution in [2.75, 3.05) is 6.61 Å². The minimum absolute atomic E-state index is 0.167. The quantitative estimate of drug-likeness (QED) is 0.452. The third kappa shape index (κ3) is 4.91. The van der Waals surface area contributed by atoms with E-state index in [4.69, 9.17) is 10.6 Å². The summed E-state index contributed by atoms with van der Waals surface area (Å²) in [6.07, 6.45) is 2.03. The summed E-state index contributed by atoms with van der Waals surface area (Å²) in [5.74, 6) is 5.63. The minimum Gasteiger partial charge on any atom is -0.377 e. The molecule has 0 saturated carbocycles. The van der Waals surface area contributed by atoms with E-state index >= 15 is 0 Å². The van der Waals surface area contributed by atoms with Crippen molar-refractivity contribution in [1.82, 2.24) is 5.43 Å². The van der Waals surface area contributed by atoms with Gasteiger partial charge >= 0.3 is 0 Å². The second-order valence-electron chi connectivity index (χ2n) is 4.01. The molecule has 96 valence electrons. The van der Waals surface area contributed by atoms with Crippen molar-refractivity contribution in [3.63, 3.8) is 0 Å². The Labute approximate surface area is 117 Å². The lowest BCUT2D eigenvalue weighted by molar-refractivity contribution is 0.0319. The van der Waals surface area contributed by atoms with Crippen LogP contribution in [0.1, 0.15) is 25.8 Å². The Balaban J connectivity index is 2.64. The van der Waals surface area contributed by atoms with Crippen molar-refractivity contribution in [1.29, 1.82) is 0 Å². The Hall–Kier alpha value is -0.170. The third-order valence-electron chi connectivity index (χ3n) is 2.81. The zero-order chi connectivity index (χ0) is 12.7. The largest absolute Gasteiger partial charge is 0.377 e. The fraction of sp³-hybridized carbons (Fsp3) is 0.538. The number of rotatable bonds is 7. The van der Waals surface area contributed by atoms with Crippen LogP contribution >= 0.6 is 22.6 Å². The highest BCUT2D eigenvalue weighted by Gasteiger charge is 2.19. The lowest BCUT2D eigenvalue weighted by Crippen LogP contribution is -2.46.